The van der Waals surface area contributed by atoms with Crippen molar-refractivity contribution in [2.75, 3.05) is 26.2 Å². The largest absolute Gasteiger partial charge is 0.340 e. The second kappa shape index (κ2) is 9.30. The number of amides is 1. The monoisotopic (exact) mass is 511 g/mol. The summed E-state index contributed by atoms with van der Waals surface area (Å²) >= 11 is 10.3. The highest BCUT2D eigenvalue weighted by Gasteiger charge is 2.34. The molecular weight excluding hydrogens is 488 g/mol. The number of halogens is 2. The standard InChI is InChI=1S/C25H24BrClN4O/c26-20-15-19-5-4-18-2-1-3-21(27)23(18)25(24(19)29-16-20)31-12-10-30(11-13-31)22(32)14-17-6-8-28-9-7-17/h1-3,6-9,15-16,25H,4-5,10-14H2/p+1. The van der Waals surface area contributed by atoms with Gasteiger partial charge in [-0.15, -0.1) is 0 Å². The highest BCUT2D eigenvalue weighted by molar-refractivity contribution is 9.10. The van der Waals surface area contributed by atoms with E-state index in [0.29, 0.717) is 19.5 Å². The van der Waals surface area contributed by atoms with Crippen LogP contribution < -0.4 is 4.98 Å². The number of aromatic amines is 1. The average molecular weight is 513 g/mol. The number of carbonyl (C=O) groups is 1. The molecule has 0 radical (unpaired) electrons. The molecule has 164 valence electrons. The number of benzene rings is 1. The van der Waals surface area contributed by atoms with Gasteiger partial charge in [-0.3, -0.25) is 14.7 Å². The predicted molar refractivity (Wildman–Crippen MR) is 127 cm³/mol. The number of pyridine rings is 2. The van der Waals surface area contributed by atoms with Crippen molar-refractivity contribution in [3.05, 3.63) is 92.4 Å². The first kappa shape index (κ1) is 21.6. The first-order valence-electron chi connectivity index (χ1n) is 11.0. The van der Waals surface area contributed by atoms with Crippen molar-refractivity contribution < 1.29 is 9.78 Å². The number of H-pyrrole nitrogens is 1. The van der Waals surface area contributed by atoms with Crippen molar-refractivity contribution in [2.24, 2.45) is 0 Å². The van der Waals surface area contributed by atoms with E-state index in [9.17, 15) is 4.79 Å². The maximum Gasteiger partial charge on any atom is 0.227 e. The van der Waals surface area contributed by atoms with Crippen LogP contribution in [0.1, 0.15) is 34.0 Å². The number of aromatic nitrogens is 2. The second-order valence-electron chi connectivity index (χ2n) is 8.41. The Bertz CT molecular complexity index is 1130. The highest BCUT2D eigenvalue weighted by atomic mass is 79.9. The third-order valence-electron chi connectivity index (χ3n) is 6.48. The maximum atomic E-state index is 12.9. The van der Waals surface area contributed by atoms with Crippen LogP contribution >= 0.6 is 27.5 Å². The van der Waals surface area contributed by atoms with Gasteiger partial charge in [0.15, 0.2) is 12.4 Å². The topological polar surface area (TPSA) is 50.6 Å². The van der Waals surface area contributed by atoms with E-state index in [4.69, 9.17) is 16.6 Å². The van der Waals surface area contributed by atoms with E-state index < -0.39 is 0 Å². The van der Waals surface area contributed by atoms with E-state index in [-0.39, 0.29) is 11.9 Å². The van der Waals surface area contributed by atoms with Crippen LogP contribution in [0.25, 0.3) is 0 Å². The average Bonchev–Trinajstić information content (AvgIpc) is 2.97. The SMILES string of the molecule is O=C(Cc1cc[nH+]cc1)N1CCN(C2c3ncc(Br)cc3CCc3cccc(Cl)c32)CC1. The molecule has 3 aromatic rings. The van der Waals surface area contributed by atoms with Gasteiger partial charge in [0.2, 0.25) is 5.91 Å². The fourth-order valence-electron chi connectivity index (χ4n) is 4.86. The van der Waals surface area contributed by atoms with Crippen LogP contribution in [0.5, 0.6) is 0 Å². The summed E-state index contributed by atoms with van der Waals surface area (Å²) in [4.78, 5) is 25.1. The zero-order valence-corrected chi connectivity index (χ0v) is 20.1. The lowest BCUT2D eigenvalue weighted by Crippen LogP contribution is -2.50. The van der Waals surface area contributed by atoms with Gasteiger partial charge in [-0.1, -0.05) is 23.7 Å². The molecule has 1 amide bonds. The van der Waals surface area contributed by atoms with Crippen molar-refractivity contribution in [3.63, 3.8) is 0 Å². The van der Waals surface area contributed by atoms with Crippen molar-refractivity contribution in [2.45, 2.75) is 25.3 Å². The van der Waals surface area contributed by atoms with Gasteiger partial charge >= 0.3 is 0 Å². The Hall–Kier alpha value is -2.28. The van der Waals surface area contributed by atoms with E-state index >= 15 is 0 Å². The third kappa shape index (κ3) is 4.32. The molecule has 1 atom stereocenters. The second-order valence-corrected chi connectivity index (χ2v) is 9.74. The van der Waals surface area contributed by atoms with Gasteiger partial charge in [-0.05, 0) is 63.2 Å². The van der Waals surface area contributed by atoms with Gasteiger partial charge in [-0.25, -0.2) is 4.98 Å². The molecule has 1 fully saturated rings. The van der Waals surface area contributed by atoms with E-state index in [2.05, 4.69) is 37.9 Å². The summed E-state index contributed by atoms with van der Waals surface area (Å²) in [5.41, 5.74) is 5.83. The summed E-state index contributed by atoms with van der Waals surface area (Å²) in [6, 6.07) is 12.3. The minimum absolute atomic E-state index is 0.00575. The summed E-state index contributed by atoms with van der Waals surface area (Å²) in [7, 11) is 0. The number of nitrogens with zero attached hydrogens (tertiary/aromatic N) is 3. The lowest BCUT2D eigenvalue weighted by molar-refractivity contribution is -0.378. The van der Waals surface area contributed by atoms with Crippen LogP contribution in [0.4, 0.5) is 0 Å². The Morgan fingerprint density at radius 2 is 1.84 bits per heavy atom. The van der Waals surface area contributed by atoms with E-state index in [1.165, 1.54) is 16.7 Å². The summed E-state index contributed by atoms with van der Waals surface area (Å²) in [5, 5.41) is 0.796. The Morgan fingerprint density at radius 3 is 2.62 bits per heavy atom. The van der Waals surface area contributed by atoms with Crippen LogP contribution in [-0.2, 0) is 24.1 Å². The number of carbonyl (C=O) groups excluding carboxylic acids is 1. The predicted octanol–water partition coefficient (Wildman–Crippen LogP) is 3.89. The Morgan fingerprint density at radius 1 is 1.09 bits per heavy atom. The third-order valence-corrected chi connectivity index (χ3v) is 7.25. The van der Waals surface area contributed by atoms with Crippen LogP contribution in [0.2, 0.25) is 5.02 Å². The smallest absolute Gasteiger partial charge is 0.227 e. The molecule has 0 bridgehead atoms. The van der Waals surface area contributed by atoms with Gasteiger partial charge in [0.1, 0.15) is 0 Å². The lowest BCUT2D eigenvalue weighted by Gasteiger charge is -2.40. The van der Waals surface area contributed by atoms with Crippen molar-refractivity contribution >= 4 is 33.4 Å². The molecule has 2 aliphatic rings. The first-order valence-corrected chi connectivity index (χ1v) is 12.2. The zero-order chi connectivity index (χ0) is 22.1. The summed E-state index contributed by atoms with van der Waals surface area (Å²) < 4.78 is 1.00. The minimum atomic E-state index is 0.00575. The first-order chi connectivity index (χ1) is 15.6. The van der Waals surface area contributed by atoms with Crippen LogP contribution in [0.3, 0.4) is 0 Å². The fourth-order valence-corrected chi connectivity index (χ4v) is 5.54. The van der Waals surface area contributed by atoms with Gasteiger partial charge < -0.3 is 4.90 Å². The number of rotatable bonds is 3. The molecule has 1 unspecified atom stereocenters. The number of hydrogen-bond donors (Lipinski definition) is 0. The summed E-state index contributed by atoms with van der Waals surface area (Å²) in [6.07, 6.45) is 7.92. The lowest BCUT2D eigenvalue weighted by atomic mass is 9.96. The molecule has 2 aromatic heterocycles. The number of fused-ring (bicyclic) bond motifs is 2. The van der Waals surface area contributed by atoms with Gasteiger partial charge in [0, 0.05) is 54.0 Å². The molecule has 5 nitrogen and oxygen atoms in total. The van der Waals surface area contributed by atoms with Gasteiger partial charge in [0.25, 0.3) is 0 Å². The zero-order valence-electron chi connectivity index (χ0n) is 17.7. The molecule has 1 aromatic carbocycles. The van der Waals surface area contributed by atoms with Crippen molar-refractivity contribution in [1.29, 1.82) is 0 Å². The number of hydrogen-bond acceptors (Lipinski definition) is 3. The summed E-state index contributed by atoms with van der Waals surface area (Å²) in [6.45, 7) is 3.00. The van der Waals surface area contributed by atoms with Crippen molar-refractivity contribution in [3.8, 4) is 0 Å². The van der Waals surface area contributed by atoms with Crippen LogP contribution in [-0.4, -0.2) is 46.9 Å². The molecule has 1 aliphatic carbocycles. The maximum absolute atomic E-state index is 12.9. The molecule has 32 heavy (non-hydrogen) atoms. The van der Waals surface area contributed by atoms with Gasteiger partial charge in [-0.2, -0.15) is 0 Å². The van der Waals surface area contributed by atoms with Crippen LogP contribution in [0.15, 0.2) is 59.5 Å². The molecular formula is C25H25BrClN4O+. The van der Waals surface area contributed by atoms with E-state index in [1.54, 1.807) is 0 Å². The van der Waals surface area contributed by atoms with Crippen molar-refractivity contribution in [1.82, 2.24) is 14.8 Å². The number of piperazine rings is 1. The number of aryl methyl sites for hydroxylation is 2. The Kier molecular flexibility index (Phi) is 6.26. The van der Waals surface area contributed by atoms with E-state index in [1.807, 2.05) is 47.8 Å². The van der Waals surface area contributed by atoms with Gasteiger partial charge in [0.05, 0.1) is 18.2 Å². The molecule has 0 saturated carbocycles. The Balaban J connectivity index is 1.40. The fraction of sp³-hybridized carbons (Fsp3) is 0.320. The van der Waals surface area contributed by atoms with Crippen LogP contribution in [0, 0.1) is 0 Å². The minimum Gasteiger partial charge on any atom is -0.340 e. The molecule has 5 rings (SSSR count). The highest BCUT2D eigenvalue weighted by Crippen LogP contribution is 2.40. The molecule has 0 spiro atoms. The Labute approximate surface area is 201 Å². The molecule has 1 N–H and O–H groups in total. The molecule has 1 aliphatic heterocycles. The normalized spacial score (nSPS) is 18.6. The molecule has 1 saturated heterocycles. The summed E-state index contributed by atoms with van der Waals surface area (Å²) in [5.74, 6) is 0.178. The molecule has 3 heterocycles. The quantitative estimate of drug-likeness (QED) is 0.535. The molecule has 7 heteroatoms. The number of nitrogens with one attached hydrogen (secondary N) is 1. The van der Waals surface area contributed by atoms with E-state index in [0.717, 1.165) is 46.7 Å².